The Morgan fingerprint density at radius 2 is 1.74 bits per heavy atom. The summed E-state index contributed by atoms with van der Waals surface area (Å²) in [4.78, 5) is 12.8. The van der Waals surface area contributed by atoms with Gasteiger partial charge in [-0.15, -0.1) is 0 Å². The first kappa shape index (κ1) is 19.6. The van der Waals surface area contributed by atoms with Crippen LogP contribution in [0.4, 0.5) is 5.69 Å². The molecule has 3 aromatic carbocycles. The molecule has 0 aromatic heterocycles. The molecule has 0 saturated carbocycles. The van der Waals surface area contributed by atoms with E-state index in [0.717, 1.165) is 41.3 Å². The lowest BCUT2D eigenvalue weighted by atomic mass is 10.1. The van der Waals surface area contributed by atoms with Gasteiger partial charge in [0.15, 0.2) is 0 Å². The van der Waals surface area contributed by atoms with Crippen LogP contribution in [0.1, 0.15) is 41.6 Å². The van der Waals surface area contributed by atoms with Gasteiger partial charge in [-0.1, -0.05) is 42.5 Å². The Morgan fingerprint density at radius 3 is 2.48 bits per heavy atom. The molecule has 7 heteroatoms. The molecule has 158 valence electrons. The standard InChI is InChI=1S/C24H23N3O3S/c28-24(26-25-20-8-2-1-3-9-20)19-14-12-17(13-15-19)16-27-21-10-4-6-18-7-5-11-22(23(18)21)31(27,29)30/h4-8,10-15,25H,1-3,9,16H2,(H,26,28). The molecule has 2 N–H and O–H groups in total. The number of benzene rings is 3. The number of allylic oxidation sites excluding steroid dienone is 2. The van der Waals surface area contributed by atoms with E-state index in [0.29, 0.717) is 16.1 Å². The molecule has 1 aliphatic carbocycles. The maximum atomic E-state index is 13.1. The Balaban J connectivity index is 1.33. The molecule has 0 unspecified atom stereocenters. The molecule has 1 amide bonds. The van der Waals surface area contributed by atoms with E-state index in [1.54, 1.807) is 36.4 Å². The molecule has 0 spiro atoms. The minimum absolute atomic E-state index is 0.211. The first-order valence-electron chi connectivity index (χ1n) is 10.4. The number of rotatable bonds is 5. The lowest BCUT2D eigenvalue weighted by molar-refractivity contribution is 0.0938. The molecular weight excluding hydrogens is 410 g/mol. The van der Waals surface area contributed by atoms with Crippen molar-refractivity contribution in [1.82, 2.24) is 10.9 Å². The van der Waals surface area contributed by atoms with Crippen molar-refractivity contribution in [3.05, 3.63) is 83.6 Å². The van der Waals surface area contributed by atoms with Crippen molar-refractivity contribution in [3.63, 3.8) is 0 Å². The monoisotopic (exact) mass is 433 g/mol. The molecule has 1 heterocycles. The highest BCUT2D eigenvalue weighted by atomic mass is 32.2. The fourth-order valence-corrected chi connectivity index (χ4v) is 5.92. The first-order valence-corrected chi connectivity index (χ1v) is 11.9. The third-order valence-electron chi connectivity index (χ3n) is 5.85. The van der Waals surface area contributed by atoms with Crippen molar-refractivity contribution in [2.45, 2.75) is 37.1 Å². The van der Waals surface area contributed by atoms with Gasteiger partial charge in [-0.05, 0) is 60.9 Å². The second-order valence-corrected chi connectivity index (χ2v) is 9.73. The van der Waals surface area contributed by atoms with Crippen LogP contribution in [0.25, 0.3) is 10.8 Å². The second-order valence-electron chi connectivity index (χ2n) is 7.89. The third kappa shape index (κ3) is 3.55. The van der Waals surface area contributed by atoms with Gasteiger partial charge in [0.1, 0.15) is 0 Å². The average molecular weight is 434 g/mol. The molecule has 0 bridgehead atoms. The Labute approximate surface area is 181 Å². The lowest BCUT2D eigenvalue weighted by Crippen LogP contribution is -2.37. The number of carbonyl (C=O) groups is 1. The molecule has 6 nitrogen and oxygen atoms in total. The zero-order valence-electron chi connectivity index (χ0n) is 17.0. The topological polar surface area (TPSA) is 78.5 Å². The van der Waals surface area contributed by atoms with E-state index < -0.39 is 10.0 Å². The minimum atomic E-state index is -3.61. The van der Waals surface area contributed by atoms with Crippen molar-refractivity contribution >= 4 is 32.4 Å². The van der Waals surface area contributed by atoms with Crippen LogP contribution in [0.2, 0.25) is 0 Å². The van der Waals surface area contributed by atoms with E-state index in [2.05, 4.69) is 16.9 Å². The first-order chi connectivity index (χ1) is 15.0. The van der Waals surface area contributed by atoms with Crippen LogP contribution in [0.3, 0.4) is 0 Å². The summed E-state index contributed by atoms with van der Waals surface area (Å²) in [5, 5.41) is 1.68. The van der Waals surface area contributed by atoms with Crippen molar-refractivity contribution < 1.29 is 13.2 Å². The molecule has 31 heavy (non-hydrogen) atoms. The number of carbonyl (C=O) groups excluding carboxylic acids is 1. The number of hydrogen-bond acceptors (Lipinski definition) is 4. The second kappa shape index (κ2) is 7.74. The van der Waals surface area contributed by atoms with E-state index in [1.807, 2.05) is 24.3 Å². The summed E-state index contributed by atoms with van der Waals surface area (Å²) in [6.07, 6.45) is 6.40. The minimum Gasteiger partial charge on any atom is -0.303 e. The largest absolute Gasteiger partial charge is 0.303 e. The Morgan fingerprint density at radius 1 is 0.968 bits per heavy atom. The number of hydrogen-bond donors (Lipinski definition) is 2. The summed E-state index contributed by atoms with van der Waals surface area (Å²) >= 11 is 0. The van der Waals surface area contributed by atoms with Crippen LogP contribution in [-0.4, -0.2) is 14.3 Å². The van der Waals surface area contributed by atoms with Gasteiger partial charge in [0.25, 0.3) is 15.9 Å². The van der Waals surface area contributed by atoms with Gasteiger partial charge in [-0.25, -0.2) is 8.42 Å². The molecule has 0 atom stereocenters. The predicted molar refractivity (Wildman–Crippen MR) is 121 cm³/mol. The lowest BCUT2D eigenvalue weighted by Gasteiger charge is -2.19. The van der Waals surface area contributed by atoms with Crippen LogP contribution < -0.4 is 15.2 Å². The number of anilines is 1. The summed E-state index contributed by atoms with van der Waals surface area (Å²) in [7, 11) is -3.61. The summed E-state index contributed by atoms with van der Waals surface area (Å²) in [6, 6.07) is 18.0. The van der Waals surface area contributed by atoms with E-state index in [1.165, 1.54) is 10.7 Å². The molecule has 5 rings (SSSR count). The fraction of sp³-hybridized carbons (Fsp3) is 0.208. The number of hydrazine groups is 1. The molecule has 0 radical (unpaired) electrons. The van der Waals surface area contributed by atoms with Gasteiger partial charge in [-0.3, -0.25) is 14.5 Å². The van der Waals surface area contributed by atoms with E-state index in [9.17, 15) is 13.2 Å². The number of sulfonamides is 1. The van der Waals surface area contributed by atoms with Crippen molar-refractivity contribution in [3.8, 4) is 0 Å². The zero-order valence-corrected chi connectivity index (χ0v) is 17.8. The Hall–Kier alpha value is -3.32. The highest BCUT2D eigenvalue weighted by Crippen LogP contribution is 2.42. The summed E-state index contributed by atoms with van der Waals surface area (Å²) in [5.74, 6) is -0.219. The summed E-state index contributed by atoms with van der Waals surface area (Å²) in [5.41, 5.74) is 8.80. The van der Waals surface area contributed by atoms with Gasteiger partial charge < -0.3 is 5.43 Å². The van der Waals surface area contributed by atoms with Crippen LogP contribution in [0.5, 0.6) is 0 Å². The highest BCUT2D eigenvalue weighted by molar-refractivity contribution is 7.93. The van der Waals surface area contributed by atoms with Crippen LogP contribution >= 0.6 is 0 Å². The summed E-state index contributed by atoms with van der Waals surface area (Å²) in [6.45, 7) is 0.211. The van der Waals surface area contributed by atoms with Gasteiger partial charge in [0.2, 0.25) is 0 Å². The third-order valence-corrected chi connectivity index (χ3v) is 7.65. The zero-order chi connectivity index (χ0) is 21.4. The maximum absolute atomic E-state index is 13.1. The number of nitrogens with zero attached hydrogens (tertiary/aromatic N) is 1. The normalized spacial score (nSPS) is 16.8. The van der Waals surface area contributed by atoms with Gasteiger partial charge in [0.05, 0.1) is 17.1 Å². The van der Waals surface area contributed by atoms with Crippen LogP contribution in [-0.2, 0) is 16.6 Å². The van der Waals surface area contributed by atoms with Crippen LogP contribution in [0, 0.1) is 0 Å². The molecule has 2 aliphatic rings. The molecule has 0 saturated heterocycles. The van der Waals surface area contributed by atoms with Crippen molar-refractivity contribution in [2.24, 2.45) is 0 Å². The van der Waals surface area contributed by atoms with E-state index >= 15 is 0 Å². The SMILES string of the molecule is O=C(NNC1=CCCCC1)c1ccc(CN2c3cccc4cccc(c34)S2(=O)=O)cc1. The smallest absolute Gasteiger partial charge is 0.269 e. The summed E-state index contributed by atoms with van der Waals surface area (Å²) < 4.78 is 27.7. The van der Waals surface area contributed by atoms with Crippen molar-refractivity contribution in [1.29, 1.82) is 0 Å². The van der Waals surface area contributed by atoms with Crippen LogP contribution in [0.15, 0.2) is 77.3 Å². The van der Waals surface area contributed by atoms with Crippen molar-refractivity contribution in [2.75, 3.05) is 4.31 Å². The van der Waals surface area contributed by atoms with E-state index in [-0.39, 0.29) is 12.5 Å². The van der Waals surface area contributed by atoms with Gasteiger partial charge in [0, 0.05) is 16.6 Å². The molecule has 1 aliphatic heterocycles. The quantitative estimate of drug-likeness (QED) is 0.590. The van der Waals surface area contributed by atoms with E-state index in [4.69, 9.17) is 0 Å². The molecular formula is C24H23N3O3S. The fourth-order valence-electron chi connectivity index (χ4n) is 4.22. The van der Waals surface area contributed by atoms with Gasteiger partial charge >= 0.3 is 0 Å². The Kier molecular flexibility index (Phi) is 4.90. The molecule has 3 aromatic rings. The maximum Gasteiger partial charge on any atom is 0.269 e. The van der Waals surface area contributed by atoms with Gasteiger partial charge in [-0.2, -0.15) is 0 Å². The number of nitrogens with one attached hydrogen (secondary N) is 2. The Bertz CT molecular complexity index is 1290. The number of amides is 1. The average Bonchev–Trinajstić information content (AvgIpc) is 3.02. The molecule has 0 fully saturated rings. The highest BCUT2D eigenvalue weighted by Gasteiger charge is 2.35. The predicted octanol–water partition coefficient (Wildman–Crippen LogP) is 4.24.